The van der Waals surface area contributed by atoms with Gasteiger partial charge in [0.2, 0.25) is 0 Å². The van der Waals surface area contributed by atoms with E-state index in [1.54, 1.807) is 7.11 Å². The fraction of sp³-hybridized carbons (Fsp3) is 0.500. The third-order valence-corrected chi connectivity index (χ3v) is 4.54. The van der Waals surface area contributed by atoms with E-state index in [1.807, 2.05) is 16.8 Å². The summed E-state index contributed by atoms with van der Waals surface area (Å²) in [5.74, 6) is 0. The first-order valence-electron chi connectivity index (χ1n) is 8.14. The highest BCUT2D eigenvalue weighted by Gasteiger charge is 2.12. The molecule has 0 radical (unpaired) electrons. The van der Waals surface area contributed by atoms with Crippen molar-refractivity contribution in [2.24, 2.45) is 0 Å². The van der Waals surface area contributed by atoms with Crippen LogP contribution >= 0.6 is 15.9 Å². The Hall–Kier alpha value is -1.17. The van der Waals surface area contributed by atoms with Gasteiger partial charge in [0, 0.05) is 36.0 Å². The molecular weight excluding hydrogens is 354 g/mol. The predicted octanol–water partition coefficient (Wildman–Crippen LogP) is 4.16. The summed E-state index contributed by atoms with van der Waals surface area (Å²) in [6.45, 7) is 6.98. The molecule has 1 heterocycles. The lowest BCUT2D eigenvalue weighted by atomic mass is 10.2. The Kier molecular flexibility index (Phi) is 7.27. The number of hydrogen-bond acceptors (Lipinski definition) is 3. The Labute approximate surface area is 147 Å². The third kappa shape index (κ3) is 5.16. The van der Waals surface area contributed by atoms with Crippen molar-refractivity contribution < 1.29 is 4.74 Å². The normalized spacial score (nSPS) is 11.1. The van der Waals surface area contributed by atoms with Crippen molar-refractivity contribution in [2.45, 2.75) is 39.7 Å². The Morgan fingerprint density at radius 2 is 1.87 bits per heavy atom. The molecule has 2 rings (SSSR count). The second kappa shape index (κ2) is 9.21. The first-order valence-corrected chi connectivity index (χ1v) is 8.93. The van der Waals surface area contributed by atoms with Crippen LogP contribution in [-0.4, -0.2) is 30.0 Å². The van der Waals surface area contributed by atoms with E-state index in [2.05, 4.69) is 47.2 Å². The quantitative estimate of drug-likeness (QED) is 0.664. The maximum Gasteiger partial charge on any atom is 0.0649 e. The molecule has 0 unspecified atom stereocenters. The smallest absolute Gasteiger partial charge is 0.0649 e. The Bertz CT molecular complexity index is 607. The highest BCUT2D eigenvalue weighted by molar-refractivity contribution is 9.10. The zero-order chi connectivity index (χ0) is 16.7. The number of aryl methyl sites for hydroxylation is 1. The fourth-order valence-electron chi connectivity index (χ4n) is 2.65. The molecule has 0 atom stereocenters. The number of unbranched alkanes of at least 4 members (excludes halogenated alkanes) is 2. The van der Waals surface area contributed by atoms with Gasteiger partial charge in [-0.3, -0.25) is 0 Å². The van der Waals surface area contributed by atoms with Crippen LogP contribution in [0.2, 0.25) is 0 Å². The van der Waals surface area contributed by atoms with Gasteiger partial charge in [0.1, 0.15) is 0 Å². The average Bonchev–Trinajstić information content (AvgIpc) is 2.82. The molecule has 126 valence electrons. The van der Waals surface area contributed by atoms with Crippen molar-refractivity contribution in [1.82, 2.24) is 15.1 Å². The maximum atomic E-state index is 5.07. The Balaban J connectivity index is 1.92. The van der Waals surface area contributed by atoms with Crippen molar-refractivity contribution in [2.75, 3.05) is 20.3 Å². The van der Waals surface area contributed by atoms with Crippen molar-refractivity contribution in [3.8, 4) is 5.69 Å². The number of benzene rings is 1. The fourth-order valence-corrected chi connectivity index (χ4v) is 2.92. The van der Waals surface area contributed by atoms with E-state index in [-0.39, 0.29) is 0 Å². The van der Waals surface area contributed by atoms with Crippen LogP contribution in [0.1, 0.15) is 36.2 Å². The molecule has 0 saturated heterocycles. The van der Waals surface area contributed by atoms with Gasteiger partial charge in [0.25, 0.3) is 0 Å². The molecular formula is C18H26BrN3O. The monoisotopic (exact) mass is 379 g/mol. The minimum atomic E-state index is 0.859. The molecule has 0 aliphatic carbocycles. The lowest BCUT2D eigenvalue weighted by molar-refractivity contribution is 0.192. The number of nitrogens with zero attached hydrogens (tertiary/aromatic N) is 2. The van der Waals surface area contributed by atoms with Crippen molar-refractivity contribution in [1.29, 1.82) is 0 Å². The summed E-state index contributed by atoms with van der Waals surface area (Å²) < 4.78 is 8.17. The van der Waals surface area contributed by atoms with Gasteiger partial charge in [0.05, 0.1) is 11.4 Å². The summed E-state index contributed by atoms with van der Waals surface area (Å²) in [5.41, 5.74) is 4.69. The van der Waals surface area contributed by atoms with Gasteiger partial charge in [-0.1, -0.05) is 15.9 Å². The van der Waals surface area contributed by atoms with Gasteiger partial charge in [-0.2, -0.15) is 5.10 Å². The Morgan fingerprint density at radius 3 is 2.57 bits per heavy atom. The number of hydrogen-bond donors (Lipinski definition) is 1. The van der Waals surface area contributed by atoms with Crippen molar-refractivity contribution >= 4 is 15.9 Å². The number of halogens is 1. The third-order valence-electron chi connectivity index (χ3n) is 4.02. The summed E-state index contributed by atoms with van der Waals surface area (Å²) in [7, 11) is 1.76. The van der Waals surface area contributed by atoms with Crippen LogP contribution in [0.5, 0.6) is 0 Å². The minimum Gasteiger partial charge on any atom is -0.385 e. The predicted molar refractivity (Wildman–Crippen MR) is 98.2 cm³/mol. The molecule has 23 heavy (non-hydrogen) atoms. The van der Waals surface area contributed by atoms with Crippen molar-refractivity contribution in [3.05, 3.63) is 45.7 Å². The van der Waals surface area contributed by atoms with Crippen LogP contribution in [0.25, 0.3) is 5.69 Å². The molecule has 0 bridgehead atoms. The molecule has 1 aromatic carbocycles. The van der Waals surface area contributed by atoms with Gasteiger partial charge in [-0.05, 0) is 63.9 Å². The van der Waals surface area contributed by atoms with Gasteiger partial charge in [0.15, 0.2) is 0 Å². The molecule has 5 heteroatoms. The van der Waals surface area contributed by atoms with Gasteiger partial charge in [-0.25, -0.2) is 4.68 Å². The summed E-state index contributed by atoms with van der Waals surface area (Å²) in [6.07, 6.45) is 3.52. The summed E-state index contributed by atoms with van der Waals surface area (Å²) >= 11 is 3.47. The average molecular weight is 380 g/mol. The van der Waals surface area contributed by atoms with Gasteiger partial charge < -0.3 is 10.1 Å². The largest absolute Gasteiger partial charge is 0.385 e. The van der Waals surface area contributed by atoms with Crippen molar-refractivity contribution in [3.63, 3.8) is 0 Å². The molecule has 0 aliphatic rings. The molecule has 2 aromatic rings. The van der Waals surface area contributed by atoms with Crippen LogP contribution in [0.3, 0.4) is 0 Å². The zero-order valence-electron chi connectivity index (χ0n) is 14.2. The first-order chi connectivity index (χ1) is 11.1. The lowest BCUT2D eigenvalue weighted by Crippen LogP contribution is -2.16. The van der Waals surface area contributed by atoms with Crippen LogP contribution < -0.4 is 5.32 Å². The summed E-state index contributed by atoms with van der Waals surface area (Å²) in [4.78, 5) is 0. The molecule has 0 saturated carbocycles. The van der Waals surface area contributed by atoms with E-state index >= 15 is 0 Å². The SMILES string of the molecule is COCCCCCNCc1c(C)nn(-c2ccc(Br)cc2)c1C. The molecule has 0 aliphatic heterocycles. The maximum absolute atomic E-state index is 5.07. The second-order valence-electron chi connectivity index (χ2n) is 5.77. The van der Waals surface area contributed by atoms with E-state index < -0.39 is 0 Å². The number of nitrogens with one attached hydrogen (secondary N) is 1. The lowest BCUT2D eigenvalue weighted by Gasteiger charge is -2.07. The highest BCUT2D eigenvalue weighted by Crippen LogP contribution is 2.19. The minimum absolute atomic E-state index is 0.859. The van der Waals surface area contributed by atoms with Gasteiger partial charge in [-0.15, -0.1) is 0 Å². The first kappa shape index (κ1) is 18.2. The highest BCUT2D eigenvalue weighted by atomic mass is 79.9. The Morgan fingerprint density at radius 1 is 1.13 bits per heavy atom. The number of aromatic nitrogens is 2. The summed E-state index contributed by atoms with van der Waals surface area (Å²) in [6, 6.07) is 8.25. The number of rotatable bonds is 9. The molecule has 0 amide bonds. The second-order valence-corrected chi connectivity index (χ2v) is 6.68. The number of methoxy groups -OCH3 is 1. The van der Waals surface area contributed by atoms with Crippen LogP contribution in [0.4, 0.5) is 0 Å². The molecule has 0 fully saturated rings. The van der Waals surface area contributed by atoms with Gasteiger partial charge >= 0.3 is 0 Å². The van der Waals surface area contributed by atoms with E-state index in [0.29, 0.717) is 0 Å². The summed E-state index contributed by atoms with van der Waals surface area (Å²) in [5, 5.41) is 8.23. The van der Waals surface area contributed by atoms with E-state index in [9.17, 15) is 0 Å². The zero-order valence-corrected chi connectivity index (χ0v) is 15.8. The molecule has 1 N–H and O–H groups in total. The molecule has 0 spiro atoms. The standard InChI is InChI=1S/C18H26BrN3O/c1-14-18(13-20-11-5-4-6-12-23-3)15(2)22(21-14)17-9-7-16(19)8-10-17/h7-10,20H,4-6,11-13H2,1-3H3. The van der Waals surface area contributed by atoms with E-state index in [4.69, 9.17) is 9.84 Å². The van der Waals surface area contributed by atoms with Crippen LogP contribution in [0, 0.1) is 13.8 Å². The van der Waals surface area contributed by atoms with E-state index in [1.165, 1.54) is 24.1 Å². The van der Waals surface area contributed by atoms with Crippen LogP contribution in [0.15, 0.2) is 28.7 Å². The number of ether oxygens (including phenoxy) is 1. The molecule has 1 aromatic heterocycles. The topological polar surface area (TPSA) is 39.1 Å². The van der Waals surface area contributed by atoms with E-state index in [0.717, 1.165) is 42.0 Å². The van der Waals surface area contributed by atoms with Crippen LogP contribution in [-0.2, 0) is 11.3 Å². The molecule has 4 nitrogen and oxygen atoms in total.